The molecule has 1 fully saturated rings. The number of hydrogen-bond acceptors (Lipinski definition) is 1. The van der Waals surface area contributed by atoms with E-state index in [1.54, 1.807) is 0 Å². The van der Waals surface area contributed by atoms with Crippen molar-refractivity contribution in [2.24, 2.45) is 28.6 Å². The lowest BCUT2D eigenvalue weighted by atomic mass is 9.51. The van der Waals surface area contributed by atoms with Gasteiger partial charge < -0.3 is 4.74 Å². The normalized spacial score (nSPS) is 50.8. The van der Waals surface area contributed by atoms with Crippen molar-refractivity contribution in [2.75, 3.05) is 0 Å². The highest BCUT2D eigenvalue weighted by Gasteiger charge is 2.54. The summed E-state index contributed by atoms with van der Waals surface area (Å²) in [7, 11) is 0. The average Bonchev–Trinajstić information content (AvgIpc) is 2.79. The predicted octanol–water partition coefficient (Wildman–Crippen LogP) is 4.82. The number of rotatable bonds is 0. The van der Waals surface area contributed by atoms with Crippen molar-refractivity contribution in [2.45, 2.75) is 46.0 Å². The van der Waals surface area contributed by atoms with Gasteiger partial charge in [0.15, 0.2) is 0 Å². The Hall–Kier alpha value is -0.980. The third-order valence-corrected chi connectivity index (χ3v) is 6.55. The molecule has 4 aliphatic rings. The lowest BCUT2D eigenvalue weighted by molar-refractivity contribution is -0.0267. The molecule has 1 saturated carbocycles. The van der Waals surface area contributed by atoms with Gasteiger partial charge in [-0.05, 0) is 67.4 Å². The summed E-state index contributed by atoms with van der Waals surface area (Å²) < 4.78 is 5.84. The van der Waals surface area contributed by atoms with Gasteiger partial charge in [-0.2, -0.15) is 0 Å². The molecular formula is C18H24O. The van der Waals surface area contributed by atoms with Gasteiger partial charge in [0.2, 0.25) is 0 Å². The summed E-state index contributed by atoms with van der Waals surface area (Å²) in [6.45, 7) is 4.92. The molecule has 0 unspecified atom stereocenters. The molecule has 5 atom stereocenters. The Morgan fingerprint density at radius 2 is 2.05 bits per heavy atom. The second-order valence-corrected chi connectivity index (χ2v) is 7.47. The van der Waals surface area contributed by atoms with Gasteiger partial charge in [-0.1, -0.05) is 26.0 Å². The van der Waals surface area contributed by atoms with E-state index in [2.05, 4.69) is 38.2 Å². The van der Waals surface area contributed by atoms with Crippen LogP contribution in [-0.4, -0.2) is 0 Å². The van der Waals surface area contributed by atoms with Gasteiger partial charge in [-0.3, -0.25) is 0 Å². The molecule has 1 nitrogen and oxygen atoms in total. The lowest BCUT2D eigenvalue weighted by Crippen LogP contribution is -2.48. The lowest BCUT2D eigenvalue weighted by Gasteiger charge is -2.55. The minimum absolute atomic E-state index is 0.265. The molecular weight excluding hydrogens is 232 g/mol. The summed E-state index contributed by atoms with van der Waals surface area (Å²) in [6, 6.07) is 0. The van der Waals surface area contributed by atoms with Crippen LogP contribution in [0.1, 0.15) is 46.0 Å². The van der Waals surface area contributed by atoms with Crippen molar-refractivity contribution >= 4 is 0 Å². The maximum absolute atomic E-state index is 5.84. The van der Waals surface area contributed by atoms with E-state index < -0.39 is 0 Å². The van der Waals surface area contributed by atoms with Gasteiger partial charge in [0.1, 0.15) is 5.76 Å². The summed E-state index contributed by atoms with van der Waals surface area (Å²) >= 11 is 0. The van der Waals surface area contributed by atoms with E-state index in [0.29, 0.717) is 5.41 Å². The molecule has 1 heterocycles. The molecule has 0 aromatic heterocycles. The molecule has 0 N–H and O–H groups in total. The summed E-state index contributed by atoms with van der Waals surface area (Å²) in [6.07, 6.45) is 17.9. The summed E-state index contributed by atoms with van der Waals surface area (Å²) in [5.74, 6) is 3.80. The van der Waals surface area contributed by atoms with Crippen molar-refractivity contribution in [3.8, 4) is 0 Å². The summed E-state index contributed by atoms with van der Waals surface area (Å²) in [5, 5.41) is 0. The van der Waals surface area contributed by atoms with Crippen LogP contribution in [0.25, 0.3) is 0 Å². The maximum atomic E-state index is 5.84. The number of ether oxygens (including phenoxy) is 1. The van der Waals surface area contributed by atoms with Crippen LogP contribution in [0.4, 0.5) is 0 Å². The van der Waals surface area contributed by atoms with E-state index >= 15 is 0 Å². The van der Waals surface area contributed by atoms with Crippen LogP contribution >= 0.6 is 0 Å². The highest BCUT2D eigenvalue weighted by atomic mass is 16.5. The van der Waals surface area contributed by atoms with Crippen LogP contribution in [0.5, 0.6) is 0 Å². The van der Waals surface area contributed by atoms with Gasteiger partial charge in [0, 0.05) is 5.41 Å². The fourth-order valence-corrected chi connectivity index (χ4v) is 5.40. The standard InChI is InChI=1S/C18H24O/c1-17-9-3-5-14(17)13-6-7-16-18(2,10-4-12-19-16)15(13)8-11-17/h3-4,7,9,12-15H,5-6,8,10-11H2,1-2H3/t13-,14+,15+,17-,18-/m1/s1. The number of hydrogen-bond donors (Lipinski definition) is 0. The zero-order valence-corrected chi connectivity index (χ0v) is 12.1. The first-order chi connectivity index (χ1) is 9.13. The molecule has 0 aromatic carbocycles. The van der Waals surface area contributed by atoms with Gasteiger partial charge in [-0.15, -0.1) is 0 Å². The van der Waals surface area contributed by atoms with E-state index in [1.807, 2.05) is 6.26 Å². The molecule has 0 amide bonds. The first-order valence-electron chi connectivity index (χ1n) is 7.83. The molecule has 0 spiro atoms. The fourth-order valence-electron chi connectivity index (χ4n) is 5.40. The fraction of sp³-hybridized carbons (Fsp3) is 0.667. The van der Waals surface area contributed by atoms with Crippen LogP contribution < -0.4 is 0 Å². The van der Waals surface area contributed by atoms with Gasteiger partial charge >= 0.3 is 0 Å². The highest BCUT2D eigenvalue weighted by Crippen LogP contribution is 2.62. The van der Waals surface area contributed by atoms with Crippen molar-refractivity contribution in [1.29, 1.82) is 0 Å². The Balaban J connectivity index is 1.72. The second-order valence-electron chi connectivity index (χ2n) is 7.47. The molecule has 0 saturated heterocycles. The topological polar surface area (TPSA) is 9.23 Å². The van der Waals surface area contributed by atoms with Crippen molar-refractivity contribution in [3.05, 3.63) is 36.3 Å². The Kier molecular flexibility index (Phi) is 2.35. The van der Waals surface area contributed by atoms with Crippen molar-refractivity contribution in [1.82, 2.24) is 0 Å². The second kappa shape index (κ2) is 3.77. The largest absolute Gasteiger partial charge is 0.469 e. The Labute approximate surface area is 116 Å². The Morgan fingerprint density at radius 3 is 2.95 bits per heavy atom. The number of fused-ring (bicyclic) bond motifs is 5. The average molecular weight is 256 g/mol. The molecule has 1 aliphatic heterocycles. The molecule has 19 heavy (non-hydrogen) atoms. The zero-order valence-electron chi connectivity index (χ0n) is 12.1. The molecule has 4 rings (SSSR count). The number of allylic oxidation sites excluding steroid dienone is 5. The quantitative estimate of drug-likeness (QED) is 0.564. The van der Waals surface area contributed by atoms with Gasteiger partial charge in [0.05, 0.1) is 6.26 Å². The molecule has 102 valence electrons. The predicted molar refractivity (Wildman–Crippen MR) is 77.2 cm³/mol. The molecule has 0 bridgehead atoms. The van der Waals surface area contributed by atoms with E-state index in [-0.39, 0.29) is 5.41 Å². The van der Waals surface area contributed by atoms with Crippen molar-refractivity contribution in [3.63, 3.8) is 0 Å². The van der Waals surface area contributed by atoms with E-state index in [0.717, 1.165) is 24.2 Å². The minimum Gasteiger partial charge on any atom is -0.469 e. The van der Waals surface area contributed by atoms with Crippen LogP contribution in [-0.2, 0) is 4.74 Å². The summed E-state index contributed by atoms with van der Waals surface area (Å²) in [4.78, 5) is 0. The highest BCUT2D eigenvalue weighted by molar-refractivity contribution is 5.24. The van der Waals surface area contributed by atoms with Gasteiger partial charge in [0.25, 0.3) is 0 Å². The van der Waals surface area contributed by atoms with Crippen molar-refractivity contribution < 1.29 is 4.74 Å². The molecule has 1 heteroatoms. The smallest absolute Gasteiger partial charge is 0.106 e. The third kappa shape index (κ3) is 1.48. The first-order valence-corrected chi connectivity index (χ1v) is 7.83. The molecule has 0 aromatic rings. The van der Waals surface area contributed by atoms with Crippen LogP contribution in [0.2, 0.25) is 0 Å². The van der Waals surface area contributed by atoms with E-state index in [1.165, 1.54) is 31.4 Å². The Bertz CT molecular complexity index is 486. The molecule has 3 aliphatic carbocycles. The zero-order chi connectivity index (χ0) is 13.1. The Morgan fingerprint density at radius 1 is 1.16 bits per heavy atom. The SMILES string of the molecule is C[C@]12CC=COC1=CC[C@H]1[C@@H]2CC[C@@]2(C)C=CC[C@@H]12. The minimum atomic E-state index is 0.265. The maximum Gasteiger partial charge on any atom is 0.106 e. The molecule has 0 radical (unpaired) electrons. The van der Waals surface area contributed by atoms with Crippen LogP contribution in [0.3, 0.4) is 0 Å². The first kappa shape index (κ1) is 11.8. The van der Waals surface area contributed by atoms with Gasteiger partial charge in [-0.25, -0.2) is 0 Å². The van der Waals surface area contributed by atoms with Crippen LogP contribution in [0.15, 0.2) is 36.3 Å². The summed E-state index contributed by atoms with van der Waals surface area (Å²) in [5.41, 5.74) is 0.746. The monoisotopic (exact) mass is 256 g/mol. The van der Waals surface area contributed by atoms with E-state index in [9.17, 15) is 0 Å². The van der Waals surface area contributed by atoms with Crippen LogP contribution in [0, 0.1) is 28.6 Å². The van der Waals surface area contributed by atoms with E-state index in [4.69, 9.17) is 4.74 Å². The third-order valence-electron chi connectivity index (χ3n) is 6.55.